The molecule has 4 fully saturated rings. The Morgan fingerprint density at radius 1 is 0.769 bits per heavy atom. The number of carbonyl (C=O) groups is 2. The van der Waals surface area contributed by atoms with Gasteiger partial charge in [-0.15, -0.1) is 0 Å². The van der Waals surface area contributed by atoms with Crippen molar-refractivity contribution in [2.75, 3.05) is 23.0 Å². The van der Waals surface area contributed by atoms with Crippen LogP contribution in [0.2, 0.25) is 0 Å². The molecule has 4 aliphatic carbocycles. The molecule has 0 aliphatic heterocycles. The van der Waals surface area contributed by atoms with Gasteiger partial charge >= 0.3 is 11.9 Å². The van der Waals surface area contributed by atoms with Crippen molar-refractivity contribution in [3.8, 4) is 0 Å². The normalized spacial score (nSPS) is 34.9. The lowest BCUT2D eigenvalue weighted by Gasteiger charge is -2.62. The predicted octanol–water partition coefficient (Wildman–Crippen LogP) is 5.29. The number of hydrogen-bond acceptors (Lipinski definition) is 6. The molecule has 0 spiro atoms. The summed E-state index contributed by atoms with van der Waals surface area (Å²) in [5.41, 5.74) is 0.939. The summed E-state index contributed by atoms with van der Waals surface area (Å²) in [6, 6.07) is 0. The number of carboxylic acid groups (broad SMARTS) is 2. The molecular formula is C18H28O4S4. The highest BCUT2D eigenvalue weighted by atomic mass is 33.1. The first-order chi connectivity index (χ1) is 12.4. The molecule has 4 aliphatic rings. The van der Waals surface area contributed by atoms with Crippen molar-refractivity contribution in [1.82, 2.24) is 0 Å². The van der Waals surface area contributed by atoms with Crippen LogP contribution in [0.5, 0.6) is 0 Å². The second-order valence-corrected chi connectivity index (χ2v) is 13.6. The first-order valence-electron chi connectivity index (χ1n) is 9.33. The van der Waals surface area contributed by atoms with E-state index in [0.717, 1.165) is 11.8 Å². The Kier molecular flexibility index (Phi) is 7.47. The molecule has 0 radical (unpaired) electrons. The second-order valence-electron chi connectivity index (χ2n) is 8.42. The molecule has 4 bridgehead atoms. The fourth-order valence-electron chi connectivity index (χ4n) is 5.70. The minimum Gasteiger partial charge on any atom is -0.481 e. The van der Waals surface area contributed by atoms with E-state index in [2.05, 4.69) is 0 Å². The Hall–Kier alpha value is 0.340. The fourth-order valence-corrected chi connectivity index (χ4v) is 11.0. The third kappa shape index (κ3) is 5.67. The van der Waals surface area contributed by atoms with Crippen LogP contribution < -0.4 is 0 Å². The minimum atomic E-state index is -0.704. The summed E-state index contributed by atoms with van der Waals surface area (Å²) >= 11 is 0. The Labute approximate surface area is 171 Å². The Bertz CT molecular complexity index is 471. The van der Waals surface area contributed by atoms with E-state index in [1.807, 2.05) is 21.6 Å². The van der Waals surface area contributed by atoms with Crippen molar-refractivity contribution in [3.63, 3.8) is 0 Å². The van der Waals surface area contributed by atoms with Gasteiger partial charge in [-0.2, -0.15) is 0 Å². The predicted molar refractivity (Wildman–Crippen MR) is 114 cm³/mol. The molecule has 0 heterocycles. The molecule has 0 unspecified atom stereocenters. The van der Waals surface area contributed by atoms with E-state index in [-0.39, 0.29) is 12.8 Å². The van der Waals surface area contributed by atoms with Crippen LogP contribution in [0.25, 0.3) is 0 Å². The van der Waals surface area contributed by atoms with Gasteiger partial charge in [0.05, 0.1) is 12.8 Å². The van der Waals surface area contributed by atoms with Crippen molar-refractivity contribution in [2.45, 2.75) is 51.4 Å². The van der Waals surface area contributed by atoms with Gasteiger partial charge in [-0.3, -0.25) is 9.59 Å². The van der Waals surface area contributed by atoms with E-state index in [4.69, 9.17) is 10.2 Å². The van der Waals surface area contributed by atoms with Crippen LogP contribution in [0.15, 0.2) is 0 Å². The summed E-state index contributed by atoms with van der Waals surface area (Å²) < 4.78 is 0. The van der Waals surface area contributed by atoms with E-state index >= 15 is 0 Å². The van der Waals surface area contributed by atoms with Crippen molar-refractivity contribution in [2.24, 2.45) is 22.7 Å². The van der Waals surface area contributed by atoms with Crippen LogP contribution >= 0.6 is 43.2 Å². The lowest BCUT2D eigenvalue weighted by molar-refractivity contribution is -0.137. The lowest BCUT2D eigenvalue weighted by atomic mass is 9.45. The van der Waals surface area contributed by atoms with Gasteiger partial charge in [-0.1, -0.05) is 43.2 Å². The molecule has 0 amide bonds. The van der Waals surface area contributed by atoms with Crippen LogP contribution in [0, 0.1) is 22.7 Å². The number of carboxylic acids is 2. The lowest BCUT2D eigenvalue weighted by Crippen LogP contribution is -2.53. The van der Waals surface area contributed by atoms with Gasteiger partial charge in [-0.25, -0.2) is 0 Å². The highest BCUT2D eigenvalue weighted by molar-refractivity contribution is 8.77. The summed E-state index contributed by atoms with van der Waals surface area (Å²) in [5.74, 6) is 4.09. The van der Waals surface area contributed by atoms with Gasteiger partial charge in [-0.05, 0) is 61.2 Å². The fraction of sp³-hybridized carbons (Fsp3) is 0.889. The average molecular weight is 437 g/mol. The zero-order valence-corrected chi connectivity index (χ0v) is 18.2. The van der Waals surface area contributed by atoms with Gasteiger partial charge in [0.1, 0.15) is 0 Å². The van der Waals surface area contributed by atoms with Crippen LogP contribution in [0.3, 0.4) is 0 Å². The maximum atomic E-state index is 10.7. The molecule has 0 saturated heterocycles. The second kappa shape index (κ2) is 9.23. The summed E-state index contributed by atoms with van der Waals surface area (Å²) in [4.78, 5) is 21.3. The van der Waals surface area contributed by atoms with Crippen LogP contribution in [0.4, 0.5) is 0 Å². The number of rotatable bonds is 12. The quantitative estimate of drug-likeness (QED) is 0.316. The van der Waals surface area contributed by atoms with E-state index in [0.29, 0.717) is 22.3 Å². The summed E-state index contributed by atoms with van der Waals surface area (Å²) in [6.07, 6.45) is 8.73. The smallest absolute Gasteiger partial charge is 0.304 e. The van der Waals surface area contributed by atoms with Gasteiger partial charge in [0.2, 0.25) is 0 Å². The molecule has 0 atom stereocenters. The van der Waals surface area contributed by atoms with E-state index in [9.17, 15) is 9.59 Å². The average Bonchev–Trinajstić information content (AvgIpc) is 2.52. The topological polar surface area (TPSA) is 74.6 Å². The van der Waals surface area contributed by atoms with E-state index in [1.165, 1.54) is 50.0 Å². The number of hydrogen-bond donors (Lipinski definition) is 2. The molecule has 2 N–H and O–H groups in total. The van der Waals surface area contributed by atoms with Gasteiger partial charge in [0.25, 0.3) is 0 Å². The Balaban J connectivity index is 1.48. The molecule has 26 heavy (non-hydrogen) atoms. The molecular weight excluding hydrogens is 408 g/mol. The molecule has 0 aromatic heterocycles. The highest BCUT2D eigenvalue weighted by Crippen LogP contribution is 2.67. The Morgan fingerprint density at radius 3 is 1.58 bits per heavy atom. The summed E-state index contributed by atoms with van der Waals surface area (Å²) in [6.45, 7) is 0. The van der Waals surface area contributed by atoms with Crippen molar-refractivity contribution < 1.29 is 19.8 Å². The van der Waals surface area contributed by atoms with Crippen LogP contribution in [-0.2, 0) is 9.59 Å². The maximum Gasteiger partial charge on any atom is 0.304 e. The summed E-state index contributed by atoms with van der Waals surface area (Å²) in [7, 11) is 7.24. The standard InChI is InChI=1S/C18H28O4S4/c19-15(20)1-3-23-25-11-17-6-13-5-14(7-17)9-18(8-13,10-17)12-26-24-4-2-16(21)22/h13-14H,1-12H2,(H,19,20)(H,21,22). The largest absolute Gasteiger partial charge is 0.481 e. The van der Waals surface area contributed by atoms with Gasteiger partial charge in [0, 0.05) is 23.0 Å². The van der Waals surface area contributed by atoms with Crippen LogP contribution in [-0.4, -0.2) is 45.2 Å². The third-order valence-corrected chi connectivity index (χ3v) is 11.2. The zero-order chi connectivity index (χ0) is 18.6. The summed E-state index contributed by atoms with van der Waals surface area (Å²) in [5, 5.41) is 17.5. The van der Waals surface area contributed by atoms with Crippen molar-refractivity contribution in [1.29, 1.82) is 0 Å². The van der Waals surface area contributed by atoms with Gasteiger partial charge < -0.3 is 10.2 Å². The highest BCUT2D eigenvalue weighted by Gasteiger charge is 2.57. The molecule has 148 valence electrons. The van der Waals surface area contributed by atoms with Crippen molar-refractivity contribution >= 4 is 55.1 Å². The number of aliphatic carboxylic acids is 2. The van der Waals surface area contributed by atoms with Crippen molar-refractivity contribution in [3.05, 3.63) is 0 Å². The molecule has 4 rings (SSSR count). The first-order valence-corrected chi connectivity index (χ1v) is 14.3. The van der Waals surface area contributed by atoms with Gasteiger partial charge in [0.15, 0.2) is 0 Å². The third-order valence-electron chi connectivity index (χ3n) is 6.00. The first kappa shape index (κ1) is 21.1. The SMILES string of the molecule is O=C(O)CCSSCC12CC3CC(C1)CC(CSSCCC(=O)O)(C3)C2. The van der Waals surface area contributed by atoms with Crippen LogP contribution in [0.1, 0.15) is 51.4 Å². The monoisotopic (exact) mass is 436 g/mol. The zero-order valence-electron chi connectivity index (χ0n) is 15.0. The molecule has 4 saturated carbocycles. The molecule has 0 aromatic rings. The molecule has 4 nitrogen and oxygen atoms in total. The maximum absolute atomic E-state index is 10.7. The molecule has 8 heteroatoms. The minimum absolute atomic E-state index is 0.254. The van der Waals surface area contributed by atoms with E-state index in [1.54, 1.807) is 21.6 Å². The molecule has 0 aromatic carbocycles. The Morgan fingerprint density at radius 2 is 1.19 bits per heavy atom. The van der Waals surface area contributed by atoms with E-state index < -0.39 is 11.9 Å².